The van der Waals surface area contributed by atoms with E-state index in [0.717, 1.165) is 29.4 Å². The molecule has 1 aromatic heterocycles. The molecule has 0 radical (unpaired) electrons. The summed E-state index contributed by atoms with van der Waals surface area (Å²) in [7, 11) is 0. The number of benzene rings is 1. The lowest BCUT2D eigenvalue weighted by Crippen LogP contribution is -2.29. The minimum Gasteiger partial charge on any atom is -0.464 e. The lowest BCUT2D eigenvalue weighted by molar-refractivity contribution is 0.545. The Morgan fingerprint density at radius 3 is 2.85 bits per heavy atom. The second-order valence-corrected chi connectivity index (χ2v) is 5.52. The summed E-state index contributed by atoms with van der Waals surface area (Å²) in [5.74, 6) is 5.84. The maximum absolute atomic E-state index is 5.84. The van der Waals surface area contributed by atoms with Gasteiger partial charge in [0, 0.05) is 10.9 Å². The normalized spacial score (nSPS) is 20.9. The van der Waals surface area contributed by atoms with Crippen LogP contribution in [0.25, 0.3) is 11.0 Å². The highest BCUT2D eigenvalue weighted by Gasteiger charge is 2.20. The first kappa shape index (κ1) is 13.4. The van der Waals surface area contributed by atoms with Gasteiger partial charge in [-0.2, -0.15) is 0 Å². The van der Waals surface area contributed by atoms with E-state index in [1.54, 1.807) is 0 Å². The van der Waals surface area contributed by atoms with Crippen LogP contribution in [0.3, 0.4) is 0 Å². The number of hydrazine groups is 1. The van der Waals surface area contributed by atoms with Crippen LogP contribution in [0.5, 0.6) is 0 Å². The Morgan fingerprint density at radius 2 is 1.95 bits per heavy atom. The molecule has 1 aromatic carbocycles. The first-order valence-electron chi connectivity index (χ1n) is 7.51. The lowest BCUT2D eigenvalue weighted by Gasteiger charge is -2.21. The van der Waals surface area contributed by atoms with Crippen molar-refractivity contribution >= 4 is 11.0 Å². The minimum absolute atomic E-state index is 0.0664. The molecule has 1 aliphatic rings. The van der Waals surface area contributed by atoms with Crippen molar-refractivity contribution in [3.63, 3.8) is 0 Å². The molecule has 1 heterocycles. The van der Waals surface area contributed by atoms with E-state index in [9.17, 15) is 0 Å². The summed E-state index contributed by atoms with van der Waals surface area (Å²) in [6, 6.07) is 8.20. The highest BCUT2D eigenvalue weighted by molar-refractivity contribution is 5.81. The molecule has 2 aromatic rings. The van der Waals surface area contributed by atoms with Crippen LogP contribution in [-0.4, -0.2) is 0 Å². The van der Waals surface area contributed by atoms with Crippen LogP contribution in [0.15, 0.2) is 46.6 Å². The first-order chi connectivity index (χ1) is 9.90. The number of hydrogen-bond acceptors (Lipinski definition) is 3. The van der Waals surface area contributed by atoms with E-state index in [1.807, 2.05) is 24.5 Å². The number of nitrogens with one attached hydrogen (secondary N) is 1. The van der Waals surface area contributed by atoms with Crippen molar-refractivity contribution in [3.05, 3.63) is 47.7 Å². The molecule has 0 bridgehead atoms. The quantitative estimate of drug-likeness (QED) is 0.499. The summed E-state index contributed by atoms with van der Waals surface area (Å²) in [6.45, 7) is 0. The van der Waals surface area contributed by atoms with Gasteiger partial charge in [-0.15, -0.1) is 0 Å². The SMILES string of the molecule is NNC(/C1=C/CCCCCC1)c1coc2ccccc12. The largest absolute Gasteiger partial charge is 0.464 e. The van der Waals surface area contributed by atoms with Gasteiger partial charge < -0.3 is 4.42 Å². The van der Waals surface area contributed by atoms with Crippen molar-refractivity contribution in [3.8, 4) is 0 Å². The Labute approximate surface area is 119 Å². The van der Waals surface area contributed by atoms with E-state index >= 15 is 0 Å². The monoisotopic (exact) mass is 270 g/mol. The number of nitrogens with two attached hydrogens (primary N) is 1. The molecule has 20 heavy (non-hydrogen) atoms. The summed E-state index contributed by atoms with van der Waals surface area (Å²) in [5, 5.41) is 1.15. The number of rotatable bonds is 3. The Bertz CT molecular complexity index is 600. The zero-order valence-electron chi connectivity index (χ0n) is 11.8. The first-order valence-corrected chi connectivity index (χ1v) is 7.51. The van der Waals surface area contributed by atoms with Crippen molar-refractivity contribution in [2.45, 2.75) is 44.6 Å². The third-order valence-electron chi connectivity index (χ3n) is 4.19. The summed E-state index contributed by atoms with van der Waals surface area (Å²) in [4.78, 5) is 0. The molecule has 0 saturated carbocycles. The molecule has 0 amide bonds. The van der Waals surface area contributed by atoms with Gasteiger partial charge in [0.05, 0.1) is 12.3 Å². The fraction of sp³-hybridized carbons (Fsp3) is 0.412. The molecular weight excluding hydrogens is 248 g/mol. The zero-order valence-corrected chi connectivity index (χ0v) is 11.8. The van der Waals surface area contributed by atoms with Gasteiger partial charge in [0.1, 0.15) is 5.58 Å². The Kier molecular flexibility index (Phi) is 4.19. The average Bonchev–Trinajstić information content (AvgIpc) is 2.86. The Morgan fingerprint density at radius 1 is 1.10 bits per heavy atom. The maximum Gasteiger partial charge on any atom is 0.134 e. The number of allylic oxidation sites excluding steroid dienone is 1. The van der Waals surface area contributed by atoms with Crippen molar-refractivity contribution in [1.82, 2.24) is 5.43 Å². The van der Waals surface area contributed by atoms with Gasteiger partial charge in [-0.05, 0) is 31.7 Å². The van der Waals surface area contributed by atoms with Crippen LogP contribution in [0.2, 0.25) is 0 Å². The molecule has 1 aliphatic carbocycles. The topological polar surface area (TPSA) is 51.2 Å². The molecule has 3 heteroatoms. The molecule has 0 fully saturated rings. The van der Waals surface area contributed by atoms with E-state index in [4.69, 9.17) is 10.3 Å². The third-order valence-corrected chi connectivity index (χ3v) is 4.19. The summed E-state index contributed by atoms with van der Waals surface area (Å²) in [6.07, 6.45) is 11.7. The predicted octanol–water partition coefficient (Wildman–Crippen LogP) is 4.22. The van der Waals surface area contributed by atoms with Crippen molar-refractivity contribution in [1.29, 1.82) is 0 Å². The fourth-order valence-corrected chi connectivity index (χ4v) is 3.10. The van der Waals surface area contributed by atoms with Crippen molar-refractivity contribution in [2.24, 2.45) is 5.84 Å². The van der Waals surface area contributed by atoms with Gasteiger partial charge in [-0.1, -0.05) is 42.7 Å². The van der Waals surface area contributed by atoms with Gasteiger partial charge in [0.2, 0.25) is 0 Å². The average molecular weight is 270 g/mol. The highest BCUT2D eigenvalue weighted by Crippen LogP contribution is 2.33. The van der Waals surface area contributed by atoms with Gasteiger partial charge in [0.25, 0.3) is 0 Å². The standard InChI is InChI=1S/C17H22N2O/c18-19-17(13-8-4-2-1-3-5-9-13)15-12-20-16-11-7-6-10-14(15)16/h6-8,10-12,17,19H,1-5,9,18H2/b13-8+. The minimum atomic E-state index is 0.0664. The molecule has 0 saturated heterocycles. The number of para-hydroxylation sites is 1. The molecule has 106 valence electrons. The predicted molar refractivity (Wildman–Crippen MR) is 82.1 cm³/mol. The second-order valence-electron chi connectivity index (χ2n) is 5.52. The van der Waals surface area contributed by atoms with E-state index in [-0.39, 0.29) is 6.04 Å². The zero-order chi connectivity index (χ0) is 13.8. The molecule has 3 N–H and O–H groups in total. The lowest BCUT2D eigenvalue weighted by atomic mass is 9.91. The number of fused-ring (bicyclic) bond motifs is 1. The molecule has 0 spiro atoms. The molecule has 3 rings (SSSR count). The van der Waals surface area contributed by atoms with Crippen LogP contribution in [0.4, 0.5) is 0 Å². The van der Waals surface area contributed by atoms with Crippen LogP contribution >= 0.6 is 0 Å². The number of furan rings is 1. The fourth-order valence-electron chi connectivity index (χ4n) is 3.10. The van der Waals surface area contributed by atoms with Gasteiger partial charge >= 0.3 is 0 Å². The molecular formula is C17H22N2O. The summed E-state index contributed by atoms with van der Waals surface area (Å²) < 4.78 is 5.66. The van der Waals surface area contributed by atoms with E-state index in [2.05, 4.69) is 17.6 Å². The molecule has 3 nitrogen and oxygen atoms in total. The van der Waals surface area contributed by atoms with Gasteiger partial charge in [0.15, 0.2) is 0 Å². The van der Waals surface area contributed by atoms with Crippen LogP contribution in [0, 0.1) is 0 Å². The van der Waals surface area contributed by atoms with E-state index in [0.29, 0.717) is 0 Å². The summed E-state index contributed by atoms with van der Waals surface area (Å²) >= 11 is 0. The smallest absolute Gasteiger partial charge is 0.134 e. The van der Waals surface area contributed by atoms with Crippen LogP contribution < -0.4 is 11.3 Å². The third kappa shape index (κ3) is 2.65. The van der Waals surface area contributed by atoms with E-state index < -0.39 is 0 Å². The molecule has 1 atom stereocenters. The van der Waals surface area contributed by atoms with Crippen LogP contribution in [-0.2, 0) is 0 Å². The van der Waals surface area contributed by atoms with Crippen molar-refractivity contribution < 1.29 is 4.42 Å². The highest BCUT2D eigenvalue weighted by atomic mass is 16.3. The molecule has 0 aliphatic heterocycles. The molecule has 1 unspecified atom stereocenters. The second kappa shape index (κ2) is 6.25. The number of hydrogen-bond donors (Lipinski definition) is 2. The van der Waals surface area contributed by atoms with Crippen LogP contribution in [0.1, 0.15) is 50.1 Å². The van der Waals surface area contributed by atoms with Gasteiger partial charge in [-0.25, -0.2) is 5.43 Å². The van der Waals surface area contributed by atoms with Gasteiger partial charge in [-0.3, -0.25) is 5.84 Å². The van der Waals surface area contributed by atoms with E-state index in [1.165, 1.54) is 31.3 Å². The Hall–Kier alpha value is -1.58. The summed E-state index contributed by atoms with van der Waals surface area (Å²) in [5.41, 5.74) is 6.46. The Balaban J connectivity index is 1.96. The van der Waals surface area contributed by atoms with Crippen molar-refractivity contribution in [2.75, 3.05) is 0 Å². The maximum atomic E-state index is 5.84.